The van der Waals surface area contributed by atoms with Gasteiger partial charge in [0.05, 0.1) is 30.8 Å². The van der Waals surface area contributed by atoms with Crippen molar-refractivity contribution < 1.29 is 19.1 Å². The number of nitrogens with zero attached hydrogens (tertiary/aromatic N) is 2. The summed E-state index contributed by atoms with van der Waals surface area (Å²) in [4.78, 5) is 32.9. The number of amidine groups is 1. The molecule has 0 aromatic heterocycles. The van der Waals surface area contributed by atoms with E-state index < -0.39 is 12.0 Å². The van der Waals surface area contributed by atoms with Gasteiger partial charge in [-0.15, -0.1) is 0 Å². The van der Waals surface area contributed by atoms with Crippen LogP contribution in [0.15, 0.2) is 82.0 Å². The predicted octanol–water partition coefficient (Wildman–Crippen LogP) is 5.18. The molecule has 188 valence electrons. The molecule has 1 amide bonds. The van der Waals surface area contributed by atoms with Gasteiger partial charge in [-0.05, 0) is 41.5 Å². The number of methoxy groups -OCH3 is 1. The summed E-state index contributed by atoms with van der Waals surface area (Å²) < 4.78 is 11.1. The summed E-state index contributed by atoms with van der Waals surface area (Å²) in [6.07, 6.45) is 0.191. The van der Waals surface area contributed by atoms with E-state index >= 15 is 0 Å². The Morgan fingerprint density at radius 1 is 1.11 bits per heavy atom. The van der Waals surface area contributed by atoms with Crippen LogP contribution >= 0.6 is 11.8 Å². The average Bonchev–Trinajstić information content (AvgIpc) is 3.27. The number of fused-ring (bicyclic) bond motifs is 1. The highest BCUT2D eigenvalue weighted by Gasteiger charge is 2.41. The van der Waals surface area contributed by atoms with Crippen molar-refractivity contribution in [3.8, 4) is 5.75 Å². The Hall–Kier alpha value is -3.52. The lowest BCUT2D eigenvalue weighted by Gasteiger charge is -2.36. The molecule has 2 aromatic carbocycles. The van der Waals surface area contributed by atoms with Crippen LogP contribution in [0.3, 0.4) is 0 Å². The summed E-state index contributed by atoms with van der Waals surface area (Å²) in [5.41, 5.74) is 3.64. The van der Waals surface area contributed by atoms with Gasteiger partial charge < -0.3 is 19.7 Å². The largest absolute Gasteiger partial charge is 0.497 e. The fourth-order valence-corrected chi connectivity index (χ4v) is 5.04. The standard InChI is InChI=1S/C28H31N3O4S/c1-18(2)15-29-24(32)14-22-17-36-28-30-19(3)25(27(33)35-16-20-8-6-5-7-9-20)26(31(22)28)21-10-12-23(34-4)13-11-21/h5-13,17-18,26H,14-16H2,1-4H3,(H,29,32). The molecule has 0 aliphatic carbocycles. The molecule has 2 aromatic rings. The zero-order valence-corrected chi connectivity index (χ0v) is 21.8. The molecule has 8 heteroatoms. The number of nitrogens with one attached hydrogen (secondary N) is 1. The number of esters is 1. The predicted molar refractivity (Wildman–Crippen MR) is 142 cm³/mol. The molecular weight excluding hydrogens is 474 g/mol. The number of allylic oxidation sites excluding steroid dienone is 1. The number of hydrogen-bond donors (Lipinski definition) is 1. The molecule has 2 heterocycles. The molecule has 36 heavy (non-hydrogen) atoms. The Morgan fingerprint density at radius 2 is 1.83 bits per heavy atom. The number of hydrogen-bond acceptors (Lipinski definition) is 7. The van der Waals surface area contributed by atoms with E-state index in [1.54, 1.807) is 7.11 Å². The van der Waals surface area contributed by atoms with Crippen molar-refractivity contribution in [3.63, 3.8) is 0 Å². The Kier molecular flexibility index (Phi) is 8.15. The number of aliphatic imine (C=N–C) groups is 1. The van der Waals surface area contributed by atoms with Crippen molar-refractivity contribution in [2.45, 2.75) is 39.8 Å². The van der Waals surface area contributed by atoms with Crippen LogP contribution < -0.4 is 10.1 Å². The first-order valence-corrected chi connectivity index (χ1v) is 12.8. The van der Waals surface area contributed by atoms with Gasteiger partial charge in [0.15, 0.2) is 5.17 Å². The number of benzene rings is 2. The topological polar surface area (TPSA) is 80.2 Å². The van der Waals surface area contributed by atoms with Crippen LogP contribution in [0.25, 0.3) is 0 Å². The second-order valence-electron chi connectivity index (χ2n) is 9.10. The Balaban J connectivity index is 1.65. The molecule has 0 spiro atoms. The molecule has 1 N–H and O–H groups in total. The molecule has 4 rings (SSSR count). The summed E-state index contributed by atoms with van der Waals surface area (Å²) in [7, 11) is 1.62. The van der Waals surface area contributed by atoms with Crippen LogP contribution in [0.5, 0.6) is 5.75 Å². The molecule has 1 unspecified atom stereocenters. The Bertz CT molecular complexity index is 1200. The summed E-state index contributed by atoms with van der Waals surface area (Å²) in [6.45, 7) is 6.71. The number of amides is 1. The van der Waals surface area contributed by atoms with E-state index in [1.807, 2.05) is 71.8 Å². The molecule has 0 saturated heterocycles. The first kappa shape index (κ1) is 25.6. The first-order chi connectivity index (χ1) is 17.4. The maximum absolute atomic E-state index is 13.5. The van der Waals surface area contributed by atoms with Crippen molar-refractivity contribution in [3.05, 3.63) is 88.1 Å². The van der Waals surface area contributed by atoms with Gasteiger partial charge in [-0.3, -0.25) is 4.79 Å². The van der Waals surface area contributed by atoms with E-state index in [1.165, 1.54) is 11.8 Å². The Morgan fingerprint density at radius 3 is 2.50 bits per heavy atom. The van der Waals surface area contributed by atoms with E-state index in [-0.39, 0.29) is 18.9 Å². The van der Waals surface area contributed by atoms with Crippen LogP contribution in [0, 0.1) is 5.92 Å². The third-order valence-corrected chi connectivity index (χ3v) is 6.80. The van der Waals surface area contributed by atoms with Crippen molar-refractivity contribution in [2.24, 2.45) is 10.9 Å². The van der Waals surface area contributed by atoms with Crippen molar-refractivity contribution in [1.29, 1.82) is 0 Å². The molecule has 1 atom stereocenters. The van der Waals surface area contributed by atoms with Gasteiger partial charge in [-0.2, -0.15) is 0 Å². The average molecular weight is 506 g/mol. The lowest BCUT2D eigenvalue weighted by molar-refractivity contribution is -0.141. The molecule has 7 nitrogen and oxygen atoms in total. The van der Waals surface area contributed by atoms with Gasteiger partial charge in [0.25, 0.3) is 0 Å². The van der Waals surface area contributed by atoms with Gasteiger partial charge in [0.1, 0.15) is 12.4 Å². The second kappa shape index (κ2) is 11.5. The third kappa shape index (κ3) is 5.82. The maximum atomic E-state index is 13.5. The van der Waals surface area contributed by atoms with E-state index in [0.717, 1.165) is 27.7 Å². The summed E-state index contributed by atoms with van der Waals surface area (Å²) in [5.74, 6) is 0.582. The molecule has 0 fully saturated rings. The van der Waals surface area contributed by atoms with Crippen molar-refractivity contribution in [1.82, 2.24) is 10.2 Å². The lowest BCUT2D eigenvalue weighted by Crippen LogP contribution is -2.38. The zero-order chi connectivity index (χ0) is 25.7. The minimum absolute atomic E-state index is 0.0650. The highest BCUT2D eigenvalue weighted by atomic mass is 32.2. The van der Waals surface area contributed by atoms with Gasteiger partial charge in [0, 0.05) is 12.2 Å². The van der Waals surface area contributed by atoms with E-state index in [9.17, 15) is 9.59 Å². The number of rotatable bonds is 9. The molecule has 2 aliphatic heterocycles. The molecule has 0 saturated carbocycles. The monoisotopic (exact) mass is 505 g/mol. The molecule has 0 bridgehead atoms. The fourth-order valence-electron chi connectivity index (χ4n) is 4.08. The van der Waals surface area contributed by atoms with Crippen molar-refractivity contribution in [2.75, 3.05) is 13.7 Å². The van der Waals surface area contributed by atoms with E-state index in [2.05, 4.69) is 19.2 Å². The first-order valence-electron chi connectivity index (χ1n) is 11.9. The van der Waals surface area contributed by atoms with Crippen LogP contribution in [-0.2, 0) is 20.9 Å². The smallest absolute Gasteiger partial charge is 0.338 e. The van der Waals surface area contributed by atoms with Crippen LogP contribution in [0.2, 0.25) is 0 Å². The highest BCUT2D eigenvalue weighted by Crippen LogP contribution is 2.45. The van der Waals surface area contributed by atoms with E-state index in [4.69, 9.17) is 14.5 Å². The summed E-state index contributed by atoms with van der Waals surface area (Å²) in [6, 6.07) is 16.7. The van der Waals surface area contributed by atoms with Crippen molar-refractivity contribution >= 4 is 28.8 Å². The summed E-state index contributed by atoms with van der Waals surface area (Å²) >= 11 is 1.46. The van der Waals surface area contributed by atoms with Crippen LogP contribution in [0.4, 0.5) is 0 Å². The SMILES string of the molecule is COc1ccc(C2C(C(=O)OCc3ccccc3)=C(C)N=C3SC=C(CC(=O)NCC(C)C)N32)cc1. The molecule has 0 radical (unpaired) electrons. The number of thioether (sulfide) groups is 1. The highest BCUT2D eigenvalue weighted by molar-refractivity contribution is 8.16. The molecule has 2 aliphatic rings. The quantitative estimate of drug-likeness (QED) is 0.473. The Labute approximate surface area is 216 Å². The normalized spacial score (nSPS) is 16.9. The lowest BCUT2D eigenvalue weighted by atomic mass is 9.93. The number of carbonyl (C=O) groups is 2. The minimum atomic E-state index is -0.481. The number of ether oxygens (including phenoxy) is 2. The summed E-state index contributed by atoms with van der Waals surface area (Å²) in [5, 5.41) is 5.66. The second-order valence-corrected chi connectivity index (χ2v) is 9.94. The van der Waals surface area contributed by atoms with Gasteiger partial charge in [-0.1, -0.05) is 68.1 Å². The van der Waals surface area contributed by atoms with Gasteiger partial charge in [-0.25, -0.2) is 9.79 Å². The number of carbonyl (C=O) groups excluding carboxylic acids is 2. The van der Waals surface area contributed by atoms with Crippen LogP contribution in [-0.4, -0.2) is 35.6 Å². The maximum Gasteiger partial charge on any atom is 0.338 e. The molecular formula is C28H31N3O4S. The fraction of sp³-hybridized carbons (Fsp3) is 0.321. The minimum Gasteiger partial charge on any atom is -0.497 e. The van der Waals surface area contributed by atoms with Crippen LogP contribution in [0.1, 0.15) is 44.4 Å². The van der Waals surface area contributed by atoms with Gasteiger partial charge in [0.2, 0.25) is 5.91 Å². The van der Waals surface area contributed by atoms with E-state index in [0.29, 0.717) is 23.7 Å². The van der Waals surface area contributed by atoms with Gasteiger partial charge >= 0.3 is 5.97 Å². The zero-order valence-electron chi connectivity index (χ0n) is 21.0. The third-order valence-electron chi connectivity index (χ3n) is 5.91.